The lowest BCUT2D eigenvalue weighted by Crippen LogP contribution is -2.38. The van der Waals surface area contributed by atoms with Crippen LogP contribution in [0.15, 0.2) is 34.8 Å². The summed E-state index contributed by atoms with van der Waals surface area (Å²) in [4.78, 5) is 18.9. The van der Waals surface area contributed by atoms with Gasteiger partial charge in [-0.15, -0.1) is 0 Å². The van der Waals surface area contributed by atoms with Crippen molar-refractivity contribution >= 4 is 39.1 Å². The van der Waals surface area contributed by atoms with Crippen LogP contribution in [0, 0.1) is 0 Å². The highest BCUT2D eigenvalue weighted by atomic mass is 79.9. The average molecular weight is 516 g/mol. The molecule has 1 saturated carbocycles. The van der Waals surface area contributed by atoms with Gasteiger partial charge in [-0.3, -0.25) is 4.79 Å². The fourth-order valence-electron chi connectivity index (χ4n) is 3.90. The zero-order chi connectivity index (χ0) is 22.3. The molecule has 1 aliphatic carbocycles. The van der Waals surface area contributed by atoms with Crippen LogP contribution in [0.1, 0.15) is 48.3 Å². The Bertz CT molecular complexity index is 1120. The van der Waals surface area contributed by atoms with Crippen molar-refractivity contribution in [2.45, 2.75) is 44.3 Å². The number of hydrogen-bond acceptors (Lipinski definition) is 3. The van der Waals surface area contributed by atoms with Crippen LogP contribution >= 0.6 is 27.5 Å². The molecule has 1 amide bonds. The molecule has 2 aromatic heterocycles. The van der Waals surface area contributed by atoms with Gasteiger partial charge in [-0.2, -0.15) is 18.3 Å². The zero-order valence-corrected chi connectivity index (χ0v) is 18.9. The van der Waals surface area contributed by atoms with Crippen LogP contribution in [0.4, 0.5) is 13.2 Å². The summed E-state index contributed by atoms with van der Waals surface area (Å²) in [5.41, 5.74) is -0.887. The quantitative estimate of drug-likeness (QED) is 0.415. The van der Waals surface area contributed by atoms with Crippen molar-refractivity contribution in [1.82, 2.24) is 19.5 Å². The van der Waals surface area contributed by atoms with Gasteiger partial charge in [0.2, 0.25) is 0 Å². The molecule has 1 aliphatic rings. The highest BCUT2D eigenvalue weighted by Gasteiger charge is 2.37. The smallest absolute Gasteiger partial charge is 0.337 e. The first kappa shape index (κ1) is 22.1. The largest absolute Gasteiger partial charge is 0.433 e. The first-order valence-electron chi connectivity index (χ1n) is 9.86. The van der Waals surface area contributed by atoms with Crippen molar-refractivity contribution in [2.24, 2.45) is 0 Å². The van der Waals surface area contributed by atoms with E-state index < -0.39 is 17.8 Å². The van der Waals surface area contributed by atoms with Crippen molar-refractivity contribution in [3.8, 4) is 11.3 Å². The van der Waals surface area contributed by atoms with Crippen LogP contribution in [-0.2, 0) is 6.18 Å². The number of nitrogens with zero attached hydrogens (tertiary/aromatic N) is 4. The van der Waals surface area contributed by atoms with E-state index in [0.29, 0.717) is 10.1 Å². The Morgan fingerprint density at radius 3 is 2.45 bits per heavy atom. The van der Waals surface area contributed by atoms with Crippen LogP contribution in [0.3, 0.4) is 0 Å². The van der Waals surface area contributed by atoms with Gasteiger partial charge in [-0.05, 0) is 31.0 Å². The summed E-state index contributed by atoms with van der Waals surface area (Å²) in [5, 5.41) is 3.76. The number of carbonyl (C=O) groups is 1. The SMILES string of the molecule is CN(C(=O)c1nn2c(C(F)(F)F)cc(-c3ccc(Br)cc3)nc2c1Cl)C1CCCCC1. The third-order valence-corrected chi connectivity index (χ3v) is 6.49. The number of hydrogen-bond donors (Lipinski definition) is 0. The average Bonchev–Trinajstić information content (AvgIpc) is 3.09. The van der Waals surface area contributed by atoms with Crippen LogP contribution in [0.25, 0.3) is 16.9 Å². The molecule has 1 aromatic carbocycles. The van der Waals surface area contributed by atoms with Crippen LogP contribution < -0.4 is 0 Å². The number of alkyl halides is 3. The van der Waals surface area contributed by atoms with Gasteiger partial charge in [-0.1, -0.05) is 58.9 Å². The number of benzene rings is 1. The Kier molecular flexibility index (Phi) is 6.00. The number of fused-ring (bicyclic) bond motifs is 1. The Balaban J connectivity index is 1.83. The fraction of sp³-hybridized carbons (Fsp3) is 0.381. The molecule has 0 unspecified atom stereocenters. The monoisotopic (exact) mass is 514 g/mol. The molecule has 0 spiro atoms. The van der Waals surface area contributed by atoms with Crippen LogP contribution in [0.2, 0.25) is 5.02 Å². The van der Waals surface area contributed by atoms with E-state index in [9.17, 15) is 18.0 Å². The van der Waals surface area contributed by atoms with Gasteiger partial charge in [0, 0.05) is 23.1 Å². The Morgan fingerprint density at radius 1 is 1.19 bits per heavy atom. The molecule has 3 aromatic rings. The number of amides is 1. The van der Waals surface area contributed by atoms with E-state index in [-0.39, 0.29) is 28.1 Å². The van der Waals surface area contributed by atoms with Crippen LogP contribution in [0.5, 0.6) is 0 Å². The molecule has 0 bridgehead atoms. The third kappa shape index (κ3) is 4.30. The van der Waals surface area contributed by atoms with Gasteiger partial charge in [0.25, 0.3) is 5.91 Å². The molecule has 4 rings (SSSR count). The molecule has 0 aliphatic heterocycles. The van der Waals surface area contributed by atoms with Crippen LogP contribution in [-0.4, -0.2) is 38.5 Å². The molecular formula is C21H19BrClF3N4O. The fourth-order valence-corrected chi connectivity index (χ4v) is 4.41. The van der Waals surface area contributed by atoms with E-state index in [2.05, 4.69) is 26.0 Å². The molecule has 1 fully saturated rings. The van der Waals surface area contributed by atoms with E-state index in [1.54, 1.807) is 31.3 Å². The Labute approximate surface area is 190 Å². The van der Waals surface area contributed by atoms with Gasteiger partial charge in [0.05, 0.1) is 5.69 Å². The van der Waals surface area contributed by atoms with E-state index in [0.717, 1.165) is 42.6 Å². The first-order chi connectivity index (χ1) is 14.7. The lowest BCUT2D eigenvalue weighted by atomic mass is 9.94. The minimum atomic E-state index is -4.71. The first-order valence-corrected chi connectivity index (χ1v) is 11.0. The summed E-state index contributed by atoms with van der Waals surface area (Å²) in [7, 11) is 1.64. The number of rotatable bonds is 3. The summed E-state index contributed by atoms with van der Waals surface area (Å²) in [6, 6.07) is 7.65. The summed E-state index contributed by atoms with van der Waals surface area (Å²) in [6.45, 7) is 0. The van der Waals surface area contributed by atoms with Gasteiger partial charge < -0.3 is 4.90 Å². The molecule has 2 heterocycles. The van der Waals surface area contributed by atoms with Gasteiger partial charge in [0.1, 0.15) is 5.02 Å². The standard InChI is InChI=1S/C21H19BrClF3N4O/c1-29(14-5-3-2-4-6-14)20(31)18-17(23)19-27-15(12-7-9-13(22)10-8-12)11-16(21(24,25)26)30(19)28-18/h7-11,14H,2-6H2,1H3. The van der Waals surface area contributed by atoms with Crippen molar-refractivity contribution in [2.75, 3.05) is 7.05 Å². The van der Waals surface area contributed by atoms with Crippen molar-refractivity contribution < 1.29 is 18.0 Å². The zero-order valence-electron chi connectivity index (χ0n) is 16.6. The Hall–Kier alpha value is -2.13. The minimum Gasteiger partial charge on any atom is -0.337 e. The maximum atomic E-state index is 13.8. The maximum Gasteiger partial charge on any atom is 0.433 e. The van der Waals surface area contributed by atoms with E-state index in [4.69, 9.17) is 11.6 Å². The minimum absolute atomic E-state index is 0.0236. The Morgan fingerprint density at radius 2 is 1.84 bits per heavy atom. The highest BCUT2D eigenvalue weighted by molar-refractivity contribution is 9.10. The molecule has 0 atom stereocenters. The lowest BCUT2D eigenvalue weighted by molar-refractivity contribution is -0.142. The predicted octanol–water partition coefficient (Wildman–Crippen LogP) is 6.24. The molecule has 0 radical (unpaired) electrons. The predicted molar refractivity (Wildman–Crippen MR) is 115 cm³/mol. The summed E-state index contributed by atoms with van der Waals surface area (Å²) in [5.74, 6) is -0.499. The number of halogens is 5. The molecule has 0 N–H and O–H groups in total. The normalized spacial score (nSPS) is 15.4. The topological polar surface area (TPSA) is 50.5 Å². The van der Waals surface area contributed by atoms with E-state index in [1.807, 2.05) is 0 Å². The molecule has 164 valence electrons. The lowest BCUT2D eigenvalue weighted by Gasteiger charge is -2.30. The van der Waals surface area contributed by atoms with Crippen molar-refractivity contribution in [1.29, 1.82) is 0 Å². The van der Waals surface area contributed by atoms with Gasteiger partial charge in [0.15, 0.2) is 17.0 Å². The molecular weight excluding hydrogens is 497 g/mol. The summed E-state index contributed by atoms with van der Waals surface area (Å²) >= 11 is 9.68. The van der Waals surface area contributed by atoms with Crippen molar-refractivity contribution in [3.05, 3.63) is 51.2 Å². The number of aromatic nitrogens is 3. The molecule has 31 heavy (non-hydrogen) atoms. The van der Waals surface area contributed by atoms with Gasteiger partial charge >= 0.3 is 6.18 Å². The maximum absolute atomic E-state index is 13.8. The van der Waals surface area contributed by atoms with E-state index in [1.165, 1.54) is 4.90 Å². The summed E-state index contributed by atoms with van der Waals surface area (Å²) < 4.78 is 42.9. The molecule has 10 heteroatoms. The third-order valence-electron chi connectivity index (χ3n) is 5.61. The highest BCUT2D eigenvalue weighted by Crippen LogP contribution is 2.35. The summed E-state index contributed by atoms with van der Waals surface area (Å²) in [6.07, 6.45) is 0.136. The second-order valence-corrected chi connectivity index (χ2v) is 8.93. The molecule has 5 nitrogen and oxygen atoms in total. The second kappa shape index (κ2) is 8.43. The second-order valence-electron chi connectivity index (χ2n) is 7.64. The van der Waals surface area contributed by atoms with Gasteiger partial charge in [-0.25, -0.2) is 9.50 Å². The number of carbonyl (C=O) groups excluding carboxylic acids is 1. The van der Waals surface area contributed by atoms with E-state index >= 15 is 0 Å². The molecule has 0 saturated heterocycles. The van der Waals surface area contributed by atoms with Crippen molar-refractivity contribution in [3.63, 3.8) is 0 Å².